The van der Waals surface area contributed by atoms with Crippen molar-refractivity contribution in [3.63, 3.8) is 0 Å². The molecular formula is C17H21Cl2NO3. The molecule has 6 heteroatoms. The largest absolute Gasteiger partial charge is 0.508 e. The molecule has 0 saturated heterocycles. The summed E-state index contributed by atoms with van der Waals surface area (Å²) in [5.74, 6) is 1.69. The third kappa shape index (κ3) is 5.20. The Labute approximate surface area is 147 Å². The molecule has 0 bridgehead atoms. The van der Waals surface area contributed by atoms with E-state index in [1.807, 2.05) is 24.3 Å². The Morgan fingerprint density at radius 1 is 1.04 bits per heavy atom. The second kappa shape index (κ2) is 9.50. The van der Waals surface area contributed by atoms with E-state index < -0.39 is 0 Å². The highest BCUT2D eigenvalue weighted by Gasteiger charge is 2.09. The number of aromatic hydroxyl groups is 1. The molecule has 0 aliphatic heterocycles. The Kier molecular flexibility index (Phi) is 8.03. The van der Waals surface area contributed by atoms with Gasteiger partial charge < -0.3 is 19.9 Å². The molecule has 0 heterocycles. The number of hydrogen-bond acceptors (Lipinski definition) is 4. The summed E-state index contributed by atoms with van der Waals surface area (Å²) in [6.07, 6.45) is 0.768. The number of ether oxygens (including phenoxy) is 2. The lowest BCUT2D eigenvalue weighted by Crippen LogP contribution is -2.17. The average molecular weight is 358 g/mol. The first kappa shape index (κ1) is 19.4. The molecule has 126 valence electrons. The molecule has 2 aromatic carbocycles. The van der Waals surface area contributed by atoms with Gasteiger partial charge in [-0.2, -0.15) is 0 Å². The van der Waals surface area contributed by atoms with Gasteiger partial charge in [-0.1, -0.05) is 29.8 Å². The van der Waals surface area contributed by atoms with Crippen molar-refractivity contribution in [2.75, 3.05) is 20.8 Å². The molecule has 2 N–H and O–H groups in total. The molecule has 0 saturated carbocycles. The molecule has 2 aromatic rings. The molecule has 0 atom stereocenters. The van der Waals surface area contributed by atoms with Crippen molar-refractivity contribution in [1.29, 1.82) is 0 Å². The minimum Gasteiger partial charge on any atom is -0.508 e. The van der Waals surface area contributed by atoms with E-state index in [1.165, 1.54) is 0 Å². The van der Waals surface area contributed by atoms with E-state index >= 15 is 0 Å². The first-order valence-electron chi connectivity index (χ1n) is 7.03. The van der Waals surface area contributed by atoms with Gasteiger partial charge in [-0.3, -0.25) is 0 Å². The van der Waals surface area contributed by atoms with E-state index in [2.05, 4.69) is 5.32 Å². The fourth-order valence-corrected chi connectivity index (χ4v) is 2.46. The lowest BCUT2D eigenvalue weighted by molar-refractivity contribution is 0.398. The van der Waals surface area contributed by atoms with E-state index in [4.69, 9.17) is 21.1 Å². The summed E-state index contributed by atoms with van der Waals surface area (Å²) in [5, 5.41) is 13.6. The molecule has 0 radical (unpaired) electrons. The number of rotatable bonds is 7. The van der Waals surface area contributed by atoms with Gasteiger partial charge in [0.1, 0.15) is 17.2 Å². The van der Waals surface area contributed by atoms with Crippen LogP contribution in [-0.2, 0) is 13.0 Å². The fourth-order valence-electron chi connectivity index (χ4n) is 2.23. The van der Waals surface area contributed by atoms with E-state index in [0.717, 1.165) is 29.8 Å². The highest BCUT2D eigenvalue weighted by molar-refractivity contribution is 6.32. The van der Waals surface area contributed by atoms with Gasteiger partial charge in [0.15, 0.2) is 0 Å². The number of phenols is 1. The van der Waals surface area contributed by atoms with E-state index in [1.54, 1.807) is 26.4 Å². The molecule has 0 spiro atoms. The van der Waals surface area contributed by atoms with Crippen molar-refractivity contribution >= 4 is 24.0 Å². The van der Waals surface area contributed by atoms with Gasteiger partial charge in [-0.15, -0.1) is 12.4 Å². The number of phenolic OH excluding ortho intramolecular Hbond substituents is 1. The molecule has 0 aromatic heterocycles. The standard InChI is InChI=1S/C17H20ClNO3.ClH/c1-21-16-10-14(18)17(22-2)9-12(16)7-8-19-11-13-5-3-4-6-15(13)20;/h3-6,9-10,19-20H,7-8,11H2,1-2H3;1H. The average Bonchev–Trinajstić information content (AvgIpc) is 2.53. The number of hydrogen-bond donors (Lipinski definition) is 2. The van der Waals surface area contributed by atoms with Gasteiger partial charge in [0.25, 0.3) is 0 Å². The zero-order chi connectivity index (χ0) is 15.9. The van der Waals surface area contributed by atoms with Crippen molar-refractivity contribution in [3.05, 3.63) is 52.5 Å². The molecule has 0 amide bonds. The molecular weight excluding hydrogens is 337 g/mol. The summed E-state index contributed by atoms with van der Waals surface area (Å²) in [4.78, 5) is 0. The van der Waals surface area contributed by atoms with Crippen LogP contribution in [0, 0.1) is 0 Å². The van der Waals surface area contributed by atoms with Crippen molar-refractivity contribution in [2.24, 2.45) is 0 Å². The van der Waals surface area contributed by atoms with Crippen LogP contribution < -0.4 is 14.8 Å². The zero-order valence-corrected chi connectivity index (χ0v) is 14.7. The smallest absolute Gasteiger partial charge is 0.137 e. The van der Waals surface area contributed by atoms with Crippen molar-refractivity contribution in [3.8, 4) is 17.2 Å². The van der Waals surface area contributed by atoms with Crippen LogP contribution in [0.4, 0.5) is 0 Å². The Hall–Kier alpha value is -1.62. The fraction of sp³-hybridized carbons (Fsp3) is 0.294. The molecule has 0 aliphatic rings. The first-order valence-corrected chi connectivity index (χ1v) is 7.41. The summed E-state index contributed by atoms with van der Waals surface area (Å²) in [7, 11) is 3.21. The van der Waals surface area contributed by atoms with Gasteiger partial charge in [0, 0.05) is 18.2 Å². The van der Waals surface area contributed by atoms with Gasteiger partial charge in [0.05, 0.1) is 19.2 Å². The highest BCUT2D eigenvalue weighted by Crippen LogP contribution is 2.32. The lowest BCUT2D eigenvalue weighted by Gasteiger charge is -2.13. The summed E-state index contributed by atoms with van der Waals surface area (Å²) >= 11 is 6.09. The van der Waals surface area contributed by atoms with Gasteiger partial charge >= 0.3 is 0 Å². The maximum Gasteiger partial charge on any atom is 0.137 e. The first-order chi connectivity index (χ1) is 10.7. The van der Waals surface area contributed by atoms with Gasteiger partial charge in [-0.25, -0.2) is 0 Å². The minimum absolute atomic E-state index is 0. The topological polar surface area (TPSA) is 50.7 Å². The third-order valence-electron chi connectivity index (χ3n) is 3.43. The minimum atomic E-state index is 0. The van der Waals surface area contributed by atoms with Crippen LogP contribution >= 0.6 is 24.0 Å². The Morgan fingerprint density at radius 3 is 2.39 bits per heavy atom. The van der Waals surface area contributed by atoms with Crippen LogP contribution in [0.1, 0.15) is 11.1 Å². The summed E-state index contributed by atoms with van der Waals surface area (Å²) < 4.78 is 10.6. The van der Waals surface area contributed by atoms with Crippen LogP contribution in [-0.4, -0.2) is 25.9 Å². The number of para-hydroxylation sites is 1. The number of methoxy groups -OCH3 is 2. The van der Waals surface area contributed by atoms with Crippen LogP contribution in [0.2, 0.25) is 5.02 Å². The van der Waals surface area contributed by atoms with Crippen LogP contribution in [0.5, 0.6) is 17.2 Å². The summed E-state index contributed by atoms with van der Waals surface area (Å²) in [6, 6.07) is 11.0. The van der Waals surface area contributed by atoms with E-state index in [9.17, 15) is 5.11 Å². The molecule has 4 nitrogen and oxygen atoms in total. The van der Waals surface area contributed by atoms with Crippen LogP contribution in [0.15, 0.2) is 36.4 Å². The normalized spacial score (nSPS) is 10.0. The summed E-state index contributed by atoms with van der Waals surface area (Å²) in [5.41, 5.74) is 1.90. The maximum absolute atomic E-state index is 9.72. The Morgan fingerprint density at radius 2 is 1.74 bits per heavy atom. The predicted octanol–water partition coefficient (Wildman–Crippen LogP) is 3.82. The summed E-state index contributed by atoms with van der Waals surface area (Å²) in [6.45, 7) is 1.36. The molecule has 0 fully saturated rings. The SMILES string of the molecule is COc1cc(CCNCc2ccccc2O)c(OC)cc1Cl.Cl. The molecule has 2 rings (SSSR count). The van der Waals surface area contributed by atoms with E-state index in [0.29, 0.717) is 23.1 Å². The quantitative estimate of drug-likeness (QED) is 0.739. The zero-order valence-electron chi connectivity index (χ0n) is 13.1. The van der Waals surface area contributed by atoms with Crippen molar-refractivity contribution in [2.45, 2.75) is 13.0 Å². The number of halogens is 2. The molecule has 0 unspecified atom stereocenters. The van der Waals surface area contributed by atoms with Gasteiger partial charge in [-0.05, 0) is 30.7 Å². The van der Waals surface area contributed by atoms with Gasteiger partial charge in [0.2, 0.25) is 0 Å². The van der Waals surface area contributed by atoms with Crippen molar-refractivity contribution in [1.82, 2.24) is 5.32 Å². The van der Waals surface area contributed by atoms with E-state index in [-0.39, 0.29) is 12.4 Å². The third-order valence-corrected chi connectivity index (χ3v) is 3.73. The number of benzene rings is 2. The monoisotopic (exact) mass is 357 g/mol. The van der Waals surface area contributed by atoms with Crippen LogP contribution in [0.3, 0.4) is 0 Å². The Balaban J connectivity index is 0.00000264. The predicted molar refractivity (Wildman–Crippen MR) is 95.3 cm³/mol. The van der Waals surface area contributed by atoms with Crippen molar-refractivity contribution < 1.29 is 14.6 Å². The van der Waals surface area contributed by atoms with Crippen LogP contribution in [0.25, 0.3) is 0 Å². The second-order valence-electron chi connectivity index (χ2n) is 4.85. The number of nitrogens with one attached hydrogen (secondary N) is 1. The molecule has 23 heavy (non-hydrogen) atoms. The lowest BCUT2D eigenvalue weighted by atomic mass is 10.1. The Bertz CT molecular complexity index is 635. The maximum atomic E-state index is 9.72. The second-order valence-corrected chi connectivity index (χ2v) is 5.26. The molecule has 0 aliphatic carbocycles. The highest BCUT2D eigenvalue weighted by atomic mass is 35.5.